The van der Waals surface area contributed by atoms with Gasteiger partial charge in [0.1, 0.15) is 5.56 Å². The van der Waals surface area contributed by atoms with Crippen LogP contribution in [0.2, 0.25) is 0 Å². The fourth-order valence-corrected chi connectivity index (χ4v) is 3.05. The normalized spacial score (nSPS) is 20.1. The number of aromatic nitrogens is 1. The van der Waals surface area contributed by atoms with E-state index in [1.165, 1.54) is 11.0 Å². The maximum Gasteiger partial charge on any atom is 0.308 e. The van der Waals surface area contributed by atoms with Crippen LogP contribution >= 0.6 is 0 Å². The molecular formula is C18H18N2O4. The van der Waals surface area contributed by atoms with Gasteiger partial charge in [-0.15, -0.1) is 0 Å². The second kappa shape index (κ2) is 6.31. The van der Waals surface area contributed by atoms with Gasteiger partial charge in [-0.05, 0) is 23.6 Å². The quantitative estimate of drug-likeness (QED) is 0.900. The summed E-state index contributed by atoms with van der Waals surface area (Å²) in [5, 5.41) is 9.16. The van der Waals surface area contributed by atoms with Crippen LogP contribution in [-0.4, -0.2) is 40.0 Å². The van der Waals surface area contributed by atoms with Gasteiger partial charge in [-0.25, -0.2) is 0 Å². The van der Waals surface area contributed by atoms with E-state index < -0.39 is 23.4 Å². The fraction of sp³-hybridized carbons (Fsp3) is 0.278. The van der Waals surface area contributed by atoms with Gasteiger partial charge in [0, 0.05) is 18.8 Å². The molecule has 2 aromatic rings. The summed E-state index contributed by atoms with van der Waals surface area (Å²) in [5.74, 6) is -2.05. The molecule has 6 heteroatoms. The molecular weight excluding hydrogens is 308 g/mol. The largest absolute Gasteiger partial charge is 0.481 e. The van der Waals surface area contributed by atoms with Crippen molar-refractivity contribution in [3.8, 4) is 11.3 Å². The minimum absolute atomic E-state index is 0.0351. The average Bonchev–Trinajstić information content (AvgIpc) is 2.97. The second-order valence-electron chi connectivity index (χ2n) is 6.11. The Morgan fingerprint density at radius 2 is 1.83 bits per heavy atom. The van der Waals surface area contributed by atoms with Gasteiger partial charge in [0.15, 0.2) is 0 Å². The number of likely N-dealkylation sites (tertiary alicyclic amines) is 1. The lowest BCUT2D eigenvalue weighted by Crippen LogP contribution is -2.33. The Morgan fingerprint density at radius 3 is 2.42 bits per heavy atom. The summed E-state index contributed by atoms with van der Waals surface area (Å²) in [5.41, 5.74) is 1.06. The number of nitrogens with one attached hydrogen (secondary N) is 1. The number of aromatic amines is 1. The highest BCUT2D eigenvalue weighted by Gasteiger charge is 2.37. The topological polar surface area (TPSA) is 90.5 Å². The van der Waals surface area contributed by atoms with Crippen LogP contribution in [0.4, 0.5) is 0 Å². The van der Waals surface area contributed by atoms with E-state index in [0.717, 1.165) is 5.56 Å². The summed E-state index contributed by atoms with van der Waals surface area (Å²) in [4.78, 5) is 40.2. The van der Waals surface area contributed by atoms with E-state index in [1.807, 2.05) is 30.3 Å². The third-order valence-corrected chi connectivity index (χ3v) is 4.44. The molecule has 0 saturated carbocycles. The Hall–Kier alpha value is -2.89. The SMILES string of the molecule is C[C@@H]1CN(C(=O)c2ccc(-c3ccccc3)[nH]c2=O)C[C@H]1C(=O)O. The van der Waals surface area contributed by atoms with Crippen molar-refractivity contribution >= 4 is 11.9 Å². The number of carboxylic acids is 1. The molecule has 0 aliphatic carbocycles. The number of amides is 1. The Morgan fingerprint density at radius 1 is 1.12 bits per heavy atom. The van der Waals surface area contributed by atoms with E-state index in [2.05, 4.69) is 4.98 Å². The fourth-order valence-electron chi connectivity index (χ4n) is 3.05. The number of aliphatic carboxylic acids is 1. The molecule has 6 nitrogen and oxygen atoms in total. The third-order valence-electron chi connectivity index (χ3n) is 4.44. The van der Waals surface area contributed by atoms with E-state index in [1.54, 1.807) is 13.0 Å². The molecule has 3 rings (SSSR count). The number of pyridine rings is 1. The first kappa shape index (κ1) is 16.0. The lowest BCUT2D eigenvalue weighted by molar-refractivity contribution is -0.142. The van der Waals surface area contributed by atoms with Crippen LogP contribution in [0.25, 0.3) is 11.3 Å². The minimum atomic E-state index is -0.911. The number of benzene rings is 1. The predicted octanol–water partition coefficient (Wildman–Crippen LogP) is 1.83. The van der Waals surface area contributed by atoms with Gasteiger partial charge in [0.05, 0.1) is 5.92 Å². The van der Waals surface area contributed by atoms with Crippen molar-refractivity contribution < 1.29 is 14.7 Å². The number of hydrogen-bond acceptors (Lipinski definition) is 3. The first-order valence-electron chi connectivity index (χ1n) is 7.78. The molecule has 1 saturated heterocycles. The molecule has 0 spiro atoms. The summed E-state index contributed by atoms with van der Waals surface area (Å²) in [6, 6.07) is 12.5. The Kier molecular flexibility index (Phi) is 4.20. The van der Waals surface area contributed by atoms with E-state index in [9.17, 15) is 14.4 Å². The summed E-state index contributed by atoms with van der Waals surface area (Å²) < 4.78 is 0. The predicted molar refractivity (Wildman–Crippen MR) is 88.7 cm³/mol. The van der Waals surface area contributed by atoms with Crippen molar-refractivity contribution in [2.75, 3.05) is 13.1 Å². The van der Waals surface area contributed by atoms with Crippen LogP contribution < -0.4 is 5.56 Å². The zero-order valence-electron chi connectivity index (χ0n) is 13.2. The van der Waals surface area contributed by atoms with Crippen LogP contribution in [0.5, 0.6) is 0 Å². The summed E-state index contributed by atoms with van der Waals surface area (Å²) >= 11 is 0. The van der Waals surface area contributed by atoms with Crippen LogP contribution in [0.3, 0.4) is 0 Å². The molecule has 2 heterocycles. The van der Waals surface area contributed by atoms with Gasteiger partial charge < -0.3 is 15.0 Å². The van der Waals surface area contributed by atoms with Gasteiger partial charge in [-0.3, -0.25) is 14.4 Å². The van der Waals surface area contributed by atoms with Crippen LogP contribution in [0.1, 0.15) is 17.3 Å². The summed E-state index contributed by atoms with van der Waals surface area (Å²) in [7, 11) is 0. The molecule has 2 atom stereocenters. The number of carbonyl (C=O) groups is 2. The molecule has 0 bridgehead atoms. The van der Waals surface area contributed by atoms with Gasteiger partial charge in [-0.2, -0.15) is 0 Å². The van der Waals surface area contributed by atoms with Crippen molar-refractivity contribution in [3.05, 3.63) is 58.4 Å². The molecule has 24 heavy (non-hydrogen) atoms. The van der Waals surface area contributed by atoms with Crippen molar-refractivity contribution in [3.63, 3.8) is 0 Å². The summed E-state index contributed by atoms with van der Waals surface area (Å²) in [6.07, 6.45) is 0. The van der Waals surface area contributed by atoms with E-state index in [0.29, 0.717) is 12.2 Å². The van der Waals surface area contributed by atoms with Gasteiger partial charge >= 0.3 is 5.97 Å². The van der Waals surface area contributed by atoms with Crippen LogP contribution in [0, 0.1) is 11.8 Å². The van der Waals surface area contributed by atoms with Gasteiger partial charge in [0.25, 0.3) is 11.5 Å². The van der Waals surface area contributed by atoms with Gasteiger partial charge in [0.2, 0.25) is 0 Å². The third kappa shape index (κ3) is 2.95. The molecule has 1 aliphatic heterocycles. The van der Waals surface area contributed by atoms with Crippen molar-refractivity contribution in [1.82, 2.24) is 9.88 Å². The van der Waals surface area contributed by atoms with Crippen molar-refractivity contribution in [2.24, 2.45) is 11.8 Å². The zero-order chi connectivity index (χ0) is 17.3. The number of carbonyl (C=O) groups excluding carboxylic acids is 1. The van der Waals surface area contributed by atoms with Gasteiger partial charge in [-0.1, -0.05) is 37.3 Å². The number of nitrogens with zero attached hydrogens (tertiary/aromatic N) is 1. The molecule has 1 aromatic heterocycles. The highest BCUT2D eigenvalue weighted by Crippen LogP contribution is 2.24. The Balaban J connectivity index is 1.84. The number of H-pyrrole nitrogens is 1. The standard InChI is InChI=1S/C18H18N2O4/c1-11-9-20(10-14(11)18(23)24)17(22)13-7-8-15(19-16(13)21)12-5-3-2-4-6-12/h2-8,11,14H,9-10H2,1H3,(H,19,21)(H,23,24)/t11-,14-/m1/s1. The van der Waals surface area contributed by atoms with Crippen LogP contribution in [0.15, 0.2) is 47.3 Å². The maximum absolute atomic E-state index is 12.5. The van der Waals surface area contributed by atoms with E-state index in [-0.39, 0.29) is 18.0 Å². The molecule has 0 radical (unpaired) electrons. The molecule has 1 aliphatic rings. The molecule has 1 fully saturated rings. The zero-order valence-corrected chi connectivity index (χ0v) is 13.2. The lowest BCUT2D eigenvalue weighted by Gasteiger charge is -2.15. The summed E-state index contributed by atoms with van der Waals surface area (Å²) in [6.45, 7) is 2.28. The molecule has 0 unspecified atom stereocenters. The minimum Gasteiger partial charge on any atom is -0.481 e. The molecule has 1 aromatic carbocycles. The molecule has 124 valence electrons. The number of hydrogen-bond donors (Lipinski definition) is 2. The molecule has 2 N–H and O–H groups in total. The number of carboxylic acid groups (broad SMARTS) is 1. The maximum atomic E-state index is 12.5. The van der Waals surface area contributed by atoms with Crippen LogP contribution in [-0.2, 0) is 4.79 Å². The lowest BCUT2D eigenvalue weighted by atomic mass is 9.99. The number of rotatable bonds is 3. The highest BCUT2D eigenvalue weighted by molar-refractivity contribution is 5.94. The smallest absolute Gasteiger partial charge is 0.308 e. The van der Waals surface area contributed by atoms with Crippen molar-refractivity contribution in [1.29, 1.82) is 0 Å². The van der Waals surface area contributed by atoms with E-state index in [4.69, 9.17) is 5.11 Å². The second-order valence-corrected chi connectivity index (χ2v) is 6.11. The average molecular weight is 326 g/mol. The first-order chi connectivity index (χ1) is 11.5. The van der Waals surface area contributed by atoms with Crippen molar-refractivity contribution in [2.45, 2.75) is 6.92 Å². The molecule has 1 amide bonds. The Bertz CT molecular complexity index is 828. The highest BCUT2D eigenvalue weighted by atomic mass is 16.4. The van der Waals surface area contributed by atoms with E-state index >= 15 is 0 Å². The monoisotopic (exact) mass is 326 g/mol. The Labute approximate surface area is 138 Å². The first-order valence-corrected chi connectivity index (χ1v) is 7.78.